The number of amides is 1. The predicted octanol–water partition coefficient (Wildman–Crippen LogP) is 2.12. The van der Waals surface area contributed by atoms with Crippen molar-refractivity contribution in [2.75, 3.05) is 7.11 Å². The van der Waals surface area contributed by atoms with E-state index in [2.05, 4.69) is 15.3 Å². The summed E-state index contributed by atoms with van der Waals surface area (Å²) in [6.07, 6.45) is 1.74. The third-order valence-electron chi connectivity index (χ3n) is 3.55. The van der Waals surface area contributed by atoms with Gasteiger partial charge in [0.25, 0.3) is 0 Å². The molecule has 2 aromatic heterocycles. The number of carbonyl (C=O) groups is 1. The van der Waals surface area contributed by atoms with Crippen molar-refractivity contribution in [3.63, 3.8) is 0 Å². The fourth-order valence-electron chi connectivity index (χ4n) is 2.46. The Balaban J connectivity index is 1.99. The number of aromatic nitrogens is 3. The minimum atomic E-state index is -0.0852. The molecule has 0 bridgehead atoms. The second kappa shape index (κ2) is 6.48. The summed E-state index contributed by atoms with van der Waals surface area (Å²) in [7, 11) is 1.65. The van der Waals surface area contributed by atoms with Gasteiger partial charge in [0.15, 0.2) is 5.65 Å². The number of rotatable bonds is 5. The molecular formula is C17H18N4O2. The highest BCUT2D eigenvalue weighted by Gasteiger charge is 2.12. The monoisotopic (exact) mass is 310 g/mol. The first-order valence-electron chi connectivity index (χ1n) is 7.35. The average Bonchev–Trinajstić information content (AvgIpc) is 2.91. The van der Waals surface area contributed by atoms with Gasteiger partial charge in [0.2, 0.25) is 5.91 Å². The van der Waals surface area contributed by atoms with E-state index in [1.165, 1.54) is 6.92 Å². The number of carbonyl (C=O) groups excluding carboxylic acids is 1. The Morgan fingerprint density at radius 3 is 2.96 bits per heavy atom. The van der Waals surface area contributed by atoms with Crippen molar-refractivity contribution in [2.24, 2.45) is 0 Å². The summed E-state index contributed by atoms with van der Waals surface area (Å²) in [6, 6.07) is 11.6. The smallest absolute Gasteiger partial charge is 0.217 e. The summed E-state index contributed by atoms with van der Waals surface area (Å²) in [5.41, 5.74) is 2.70. The van der Waals surface area contributed by atoms with Gasteiger partial charge in [-0.1, -0.05) is 12.1 Å². The molecular weight excluding hydrogens is 292 g/mol. The lowest BCUT2D eigenvalue weighted by molar-refractivity contribution is -0.119. The SMILES string of the molecule is COc1cccc(Cn2c(CNC(C)=O)nc3cccnc32)c1. The van der Waals surface area contributed by atoms with E-state index in [0.29, 0.717) is 13.1 Å². The van der Waals surface area contributed by atoms with Crippen molar-refractivity contribution < 1.29 is 9.53 Å². The lowest BCUT2D eigenvalue weighted by Gasteiger charge is -2.10. The van der Waals surface area contributed by atoms with Gasteiger partial charge in [-0.25, -0.2) is 9.97 Å². The quantitative estimate of drug-likeness (QED) is 0.784. The van der Waals surface area contributed by atoms with Gasteiger partial charge in [-0.2, -0.15) is 0 Å². The Bertz CT molecular complexity index is 841. The molecule has 2 heterocycles. The number of pyridine rings is 1. The molecule has 3 aromatic rings. The van der Waals surface area contributed by atoms with Crippen LogP contribution in [0.3, 0.4) is 0 Å². The van der Waals surface area contributed by atoms with E-state index in [4.69, 9.17) is 4.74 Å². The molecule has 0 radical (unpaired) electrons. The summed E-state index contributed by atoms with van der Waals surface area (Å²) in [6.45, 7) is 2.47. The Labute approximate surface area is 134 Å². The van der Waals surface area contributed by atoms with Crippen LogP contribution in [0.2, 0.25) is 0 Å². The van der Waals surface area contributed by atoms with Gasteiger partial charge in [-0.3, -0.25) is 4.79 Å². The lowest BCUT2D eigenvalue weighted by Crippen LogP contribution is -2.22. The second-order valence-corrected chi connectivity index (χ2v) is 5.22. The first-order valence-corrected chi connectivity index (χ1v) is 7.35. The largest absolute Gasteiger partial charge is 0.497 e. The highest BCUT2D eigenvalue weighted by molar-refractivity contribution is 5.73. The summed E-state index contributed by atoms with van der Waals surface area (Å²) >= 11 is 0. The number of ether oxygens (including phenoxy) is 1. The normalized spacial score (nSPS) is 10.7. The lowest BCUT2D eigenvalue weighted by atomic mass is 10.2. The Kier molecular flexibility index (Phi) is 4.23. The number of imidazole rings is 1. The molecule has 0 atom stereocenters. The van der Waals surface area contributed by atoms with E-state index in [9.17, 15) is 4.79 Å². The zero-order valence-electron chi connectivity index (χ0n) is 13.1. The fourth-order valence-corrected chi connectivity index (χ4v) is 2.46. The highest BCUT2D eigenvalue weighted by Crippen LogP contribution is 2.18. The molecule has 0 fully saturated rings. The predicted molar refractivity (Wildman–Crippen MR) is 87.1 cm³/mol. The fraction of sp³-hybridized carbons (Fsp3) is 0.235. The van der Waals surface area contributed by atoms with Crippen LogP contribution in [0.15, 0.2) is 42.6 Å². The molecule has 118 valence electrons. The van der Waals surface area contributed by atoms with Crippen LogP contribution in [-0.2, 0) is 17.9 Å². The molecule has 0 aliphatic rings. The van der Waals surface area contributed by atoms with Crippen LogP contribution in [-0.4, -0.2) is 27.6 Å². The molecule has 1 N–H and O–H groups in total. The molecule has 23 heavy (non-hydrogen) atoms. The maximum absolute atomic E-state index is 11.2. The highest BCUT2D eigenvalue weighted by atomic mass is 16.5. The number of hydrogen-bond donors (Lipinski definition) is 1. The molecule has 0 saturated heterocycles. The molecule has 0 spiro atoms. The first-order chi connectivity index (χ1) is 11.2. The number of benzene rings is 1. The van der Waals surface area contributed by atoms with Crippen molar-refractivity contribution in [1.82, 2.24) is 19.9 Å². The minimum absolute atomic E-state index is 0.0852. The van der Waals surface area contributed by atoms with Gasteiger partial charge in [0.05, 0.1) is 20.2 Å². The van der Waals surface area contributed by atoms with Gasteiger partial charge >= 0.3 is 0 Å². The summed E-state index contributed by atoms with van der Waals surface area (Å²) < 4.78 is 7.29. The molecule has 0 unspecified atom stereocenters. The second-order valence-electron chi connectivity index (χ2n) is 5.22. The van der Waals surface area contributed by atoms with Crippen molar-refractivity contribution >= 4 is 17.1 Å². The summed E-state index contributed by atoms with van der Waals surface area (Å²) in [5, 5.41) is 2.80. The van der Waals surface area contributed by atoms with Crippen LogP contribution in [0.5, 0.6) is 5.75 Å². The zero-order valence-corrected chi connectivity index (χ0v) is 13.1. The molecule has 6 nitrogen and oxygen atoms in total. The van der Waals surface area contributed by atoms with E-state index in [1.54, 1.807) is 13.3 Å². The zero-order chi connectivity index (χ0) is 16.2. The van der Waals surface area contributed by atoms with Crippen molar-refractivity contribution in [1.29, 1.82) is 0 Å². The topological polar surface area (TPSA) is 69.0 Å². The van der Waals surface area contributed by atoms with Crippen LogP contribution in [0, 0.1) is 0 Å². The van der Waals surface area contributed by atoms with Crippen molar-refractivity contribution in [3.05, 3.63) is 54.0 Å². The van der Waals surface area contributed by atoms with Gasteiger partial charge in [-0.15, -0.1) is 0 Å². The number of hydrogen-bond acceptors (Lipinski definition) is 4. The third-order valence-corrected chi connectivity index (χ3v) is 3.55. The number of nitrogens with zero attached hydrogens (tertiary/aromatic N) is 3. The van der Waals surface area contributed by atoms with Crippen molar-refractivity contribution in [3.8, 4) is 5.75 Å². The minimum Gasteiger partial charge on any atom is -0.497 e. The van der Waals surface area contributed by atoms with E-state index >= 15 is 0 Å². The molecule has 6 heteroatoms. The molecule has 0 aliphatic carbocycles. The van der Waals surface area contributed by atoms with Crippen LogP contribution < -0.4 is 10.1 Å². The number of fused-ring (bicyclic) bond motifs is 1. The van der Waals surface area contributed by atoms with Crippen LogP contribution in [0.4, 0.5) is 0 Å². The molecule has 1 amide bonds. The maximum atomic E-state index is 11.2. The van der Waals surface area contributed by atoms with E-state index in [1.807, 2.05) is 41.0 Å². The Morgan fingerprint density at radius 1 is 1.30 bits per heavy atom. The number of nitrogens with one attached hydrogen (secondary N) is 1. The standard InChI is InChI=1S/C17H18N4O2/c1-12(22)19-10-16-20-15-7-4-8-18-17(15)21(16)11-13-5-3-6-14(9-13)23-2/h3-9H,10-11H2,1-2H3,(H,19,22). The van der Waals surface area contributed by atoms with Gasteiger partial charge in [0, 0.05) is 13.1 Å². The van der Waals surface area contributed by atoms with Gasteiger partial charge < -0.3 is 14.6 Å². The summed E-state index contributed by atoms with van der Waals surface area (Å²) in [5.74, 6) is 1.50. The molecule has 1 aromatic carbocycles. The van der Waals surface area contributed by atoms with Crippen LogP contribution >= 0.6 is 0 Å². The summed E-state index contributed by atoms with van der Waals surface area (Å²) in [4.78, 5) is 20.2. The van der Waals surface area contributed by atoms with Crippen molar-refractivity contribution in [2.45, 2.75) is 20.0 Å². The third kappa shape index (κ3) is 3.31. The van der Waals surface area contributed by atoms with Gasteiger partial charge in [-0.05, 0) is 29.8 Å². The van der Waals surface area contributed by atoms with E-state index in [-0.39, 0.29) is 5.91 Å². The van der Waals surface area contributed by atoms with Gasteiger partial charge in [0.1, 0.15) is 17.1 Å². The Hall–Kier alpha value is -2.89. The molecule has 3 rings (SSSR count). The van der Waals surface area contributed by atoms with Crippen LogP contribution in [0.25, 0.3) is 11.2 Å². The first kappa shape index (κ1) is 15.0. The van der Waals surface area contributed by atoms with Crippen LogP contribution in [0.1, 0.15) is 18.3 Å². The maximum Gasteiger partial charge on any atom is 0.217 e. The molecule has 0 aliphatic heterocycles. The Morgan fingerprint density at radius 2 is 2.17 bits per heavy atom. The van der Waals surface area contributed by atoms with E-state index in [0.717, 1.165) is 28.3 Å². The van der Waals surface area contributed by atoms with E-state index < -0.39 is 0 Å². The molecule has 0 saturated carbocycles. The number of methoxy groups -OCH3 is 1. The average molecular weight is 310 g/mol.